The lowest BCUT2D eigenvalue weighted by Crippen LogP contribution is -2.18. The van der Waals surface area contributed by atoms with Gasteiger partial charge in [-0.25, -0.2) is 4.79 Å². The summed E-state index contributed by atoms with van der Waals surface area (Å²) in [4.78, 5) is 38.3. The number of carbonyl (C=O) groups is 3. The Morgan fingerprint density at radius 1 is 1.07 bits per heavy atom. The first-order valence-corrected chi connectivity index (χ1v) is 10.2. The van der Waals surface area contributed by atoms with Crippen LogP contribution in [0.25, 0.3) is 0 Å². The lowest BCUT2D eigenvalue weighted by Gasteiger charge is -2.19. The summed E-state index contributed by atoms with van der Waals surface area (Å²) in [5, 5.41) is 3.24. The molecule has 0 bridgehead atoms. The topological polar surface area (TPSA) is 81.7 Å². The fraction of sp³-hybridized carbons (Fsp3) is 0.409. The number of nitrogens with one attached hydrogen (secondary N) is 1. The number of anilines is 1. The number of thiophene rings is 1. The molecule has 1 aliphatic rings. The molecule has 1 aromatic heterocycles. The van der Waals surface area contributed by atoms with Gasteiger partial charge in [0.15, 0.2) is 0 Å². The van der Waals surface area contributed by atoms with E-state index in [4.69, 9.17) is 9.47 Å². The molecule has 29 heavy (non-hydrogen) atoms. The van der Waals surface area contributed by atoms with Crippen molar-refractivity contribution in [1.82, 2.24) is 0 Å². The normalized spacial score (nSPS) is 15.6. The Kier molecular flexibility index (Phi) is 5.80. The first-order chi connectivity index (χ1) is 13.7. The molecule has 1 amide bonds. The number of hydrogen-bond donors (Lipinski definition) is 1. The third kappa shape index (κ3) is 4.05. The van der Waals surface area contributed by atoms with Gasteiger partial charge in [0.2, 0.25) is 0 Å². The van der Waals surface area contributed by atoms with Gasteiger partial charge < -0.3 is 14.8 Å². The van der Waals surface area contributed by atoms with Gasteiger partial charge in [-0.2, -0.15) is 0 Å². The highest BCUT2D eigenvalue weighted by Gasteiger charge is 2.38. The van der Waals surface area contributed by atoms with Crippen LogP contribution in [0.2, 0.25) is 0 Å². The summed E-state index contributed by atoms with van der Waals surface area (Å²) >= 11 is 1.31. The summed E-state index contributed by atoms with van der Waals surface area (Å²) in [6.45, 7) is 6.32. The third-order valence-electron chi connectivity index (χ3n) is 5.15. The zero-order valence-corrected chi connectivity index (χ0v) is 18.1. The molecule has 0 fully saturated rings. The van der Waals surface area contributed by atoms with Gasteiger partial charge in [-0.3, -0.25) is 9.59 Å². The van der Waals surface area contributed by atoms with Crippen molar-refractivity contribution in [1.29, 1.82) is 0 Å². The van der Waals surface area contributed by atoms with Crippen molar-refractivity contribution in [3.63, 3.8) is 0 Å². The highest BCUT2D eigenvalue weighted by molar-refractivity contribution is 7.17. The number of esters is 2. The maximum absolute atomic E-state index is 12.8. The number of aryl methyl sites for hydroxylation is 1. The Labute approximate surface area is 174 Å². The Bertz CT molecular complexity index is 953. The third-order valence-corrected chi connectivity index (χ3v) is 6.33. The van der Waals surface area contributed by atoms with E-state index in [2.05, 4.69) is 26.1 Å². The van der Waals surface area contributed by atoms with E-state index in [9.17, 15) is 14.4 Å². The zero-order chi connectivity index (χ0) is 21.3. The van der Waals surface area contributed by atoms with Crippen molar-refractivity contribution in [2.24, 2.45) is 0 Å². The number of methoxy groups -OCH3 is 2. The molecule has 2 aromatic rings. The monoisotopic (exact) mass is 415 g/mol. The van der Waals surface area contributed by atoms with E-state index in [-0.39, 0.29) is 22.9 Å². The van der Waals surface area contributed by atoms with Crippen LogP contribution in [-0.4, -0.2) is 32.1 Å². The summed E-state index contributed by atoms with van der Waals surface area (Å²) in [6, 6.07) is 7.40. The van der Waals surface area contributed by atoms with E-state index in [1.165, 1.54) is 25.6 Å². The molecular weight excluding hydrogens is 390 g/mol. The van der Waals surface area contributed by atoms with Crippen LogP contribution in [0.5, 0.6) is 0 Å². The molecule has 0 unspecified atom stereocenters. The molecule has 0 saturated carbocycles. The zero-order valence-electron chi connectivity index (χ0n) is 17.3. The van der Waals surface area contributed by atoms with Crippen LogP contribution in [0, 0.1) is 0 Å². The molecule has 1 heterocycles. The Morgan fingerprint density at radius 2 is 1.72 bits per heavy atom. The summed E-state index contributed by atoms with van der Waals surface area (Å²) in [7, 11) is 2.61. The van der Waals surface area contributed by atoms with Gasteiger partial charge in [0, 0.05) is 10.4 Å². The number of rotatable bonds is 4. The number of benzene rings is 1. The quantitative estimate of drug-likeness (QED) is 0.754. The first kappa shape index (κ1) is 21.0. The minimum atomic E-state index is -0.573. The van der Waals surface area contributed by atoms with Crippen LogP contribution < -0.4 is 5.32 Å². The SMILES string of the molecule is COC(=O)c1c(NC(=O)c2ccc(C(C)(C)C)cc2)sc2c1[C@H](C(=O)OC)CC2. The summed E-state index contributed by atoms with van der Waals surface area (Å²) in [5.74, 6) is -1.79. The second kappa shape index (κ2) is 7.99. The van der Waals surface area contributed by atoms with Gasteiger partial charge >= 0.3 is 11.9 Å². The molecule has 1 atom stereocenters. The Hall–Kier alpha value is -2.67. The summed E-state index contributed by atoms with van der Waals surface area (Å²) in [6.07, 6.45) is 1.24. The number of hydrogen-bond acceptors (Lipinski definition) is 6. The van der Waals surface area contributed by atoms with Gasteiger partial charge in [0.05, 0.1) is 25.7 Å². The van der Waals surface area contributed by atoms with Crippen LogP contribution in [-0.2, 0) is 26.1 Å². The van der Waals surface area contributed by atoms with Crippen LogP contribution in [0.1, 0.15) is 69.8 Å². The predicted octanol–water partition coefficient (Wildman–Crippen LogP) is 4.29. The van der Waals surface area contributed by atoms with Crippen molar-refractivity contribution in [2.75, 3.05) is 19.5 Å². The molecule has 1 N–H and O–H groups in total. The highest BCUT2D eigenvalue weighted by Crippen LogP contribution is 2.46. The standard InChI is InChI=1S/C22H25NO5S/c1-22(2,3)13-8-6-12(7-9-13)18(24)23-19-17(21(26)28-5)16-14(20(25)27-4)10-11-15(16)29-19/h6-9,14H,10-11H2,1-5H3,(H,23,24)/t14-/m1/s1. The van der Waals surface area contributed by atoms with Crippen molar-refractivity contribution in [3.8, 4) is 0 Å². The fourth-order valence-corrected chi connectivity index (χ4v) is 4.79. The van der Waals surface area contributed by atoms with E-state index in [0.717, 1.165) is 10.4 Å². The lowest BCUT2D eigenvalue weighted by atomic mass is 9.87. The second-order valence-electron chi connectivity index (χ2n) is 8.03. The van der Waals surface area contributed by atoms with E-state index in [1.54, 1.807) is 12.1 Å². The minimum absolute atomic E-state index is 0.00941. The van der Waals surface area contributed by atoms with Crippen LogP contribution >= 0.6 is 11.3 Å². The summed E-state index contributed by atoms with van der Waals surface area (Å²) < 4.78 is 9.81. The van der Waals surface area contributed by atoms with Crippen molar-refractivity contribution in [2.45, 2.75) is 44.9 Å². The molecule has 7 heteroatoms. The summed E-state index contributed by atoms with van der Waals surface area (Å²) in [5.41, 5.74) is 2.48. The average Bonchev–Trinajstić information content (AvgIpc) is 3.24. The number of ether oxygens (including phenoxy) is 2. The number of amides is 1. The van der Waals surface area contributed by atoms with Crippen molar-refractivity contribution >= 4 is 34.2 Å². The number of fused-ring (bicyclic) bond motifs is 1. The van der Waals surface area contributed by atoms with Gasteiger partial charge in [-0.05, 0) is 41.5 Å². The molecule has 3 rings (SSSR count). The lowest BCUT2D eigenvalue weighted by molar-refractivity contribution is -0.142. The predicted molar refractivity (Wildman–Crippen MR) is 112 cm³/mol. The molecule has 0 radical (unpaired) electrons. The molecular formula is C22H25NO5S. The smallest absolute Gasteiger partial charge is 0.341 e. The van der Waals surface area contributed by atoms with Crippen LogP contribution in [0.3, 0.4) is 0 Å². The van der Waals surface area contributed by atoms with Gasteiger partial charge in [0.1, 0.15) is 5.00 Å². The van der Waals surface area contributed by atoms with E-state index in [1.807, 2.05) is 12.1 Å². The molecule has 1 aromatic carbocycles. The maximum atomic E-state index is 12.8. The fourth-order valence-electron chi connectivity index (χ4n) is 3.53. The molecule has 6 nitrogen and oxygen atoms in total. The van der Waals surface area contributed by atoms with Crippen molar-refractivity contribution in [3.05, 3.63) is 51.4 Å². The molecule has 154 valence electrons. The largest absolute Gasteiger partial charge is 0.469 e. The first-order valence-electron chi connectivity index (χ1n) is 9.41. The van der Waals surface area contributed by atoms with E-state index < -0.39 is 11.9 Å². The minimum Gasteiger partial charge on any atom is -0.469 e. The Morgan fingerprint density at radius 3 is 2.28 bits per heavy atom. The van der Waals surface area contributed by atoms with E-state index in [0.29, 0.717) is 29.0 Å². The number of carbonyl (C=O) groups excluding carboxylic acids is 3. The molecule has 0 aliphatic heterocycles. The van der Waals surface area contributed by atoms with Crippen LogP contribution in [0.4, 0.5) is 5.00 Å². The van der Waals surface area contributed by atoms with Gasteiger partial charge in [-0.15, -0.1) is 11.3 Å². The molecule has 0 spiro atoms. The van der Waals surface area contributed by atoms with E-state index >= 15 is 0 Å². The molecule has 1 aliphatic carbocycles. The average molecular weight is 416 g/mol. The van der Waals surface area contributed by atoms with Gasteiger partial charge in [-0.1, -0.05) is 32.9 Å². The second-order valence-corrected chi connectivity index (χ2v) is 9.14. The van der Waals surface area contributed by atoms with Gasteiger partial charge in [0.25, 0.3) is 5.91 Å². The van der Waals surface area contributed by atoms with Crippen LogP contribution in [0.15, 0.2) is 24.3 Å². The molecule has 0 saturated heterocycles. The highest BCUT2D eigenvalue weighted by atomic mass is 32.1. The van der Waals surface area contributed by atoms with Crippen molar-refractivity contribution < 1.29 is 23.9 Å². The Balaban J connectivity index is 1.92. The maximum Gasteiger partial charge on any atom is 0.341 e.